The number of rotatable bonds is 8. The lowest BCUT2D eigenvalue weighted by molar-refractivity contribution is -0.120. The molecule has 0 saturated heterocycles. The molecule has 96 valence electrons. The van der Waals surface area contributed by atoms with Gasteiger partial charge < -0.3 is 15.2 Å². The third-order valence-electron chi connectivity index (χ3n) is 2.53. The zero-order chi connectivity index (χ0) is 12.5. The number of amides is 1. The van der Waals surface area contributed by atoms with Crippen LogP contribution >= 0.6 is 0 Å². The smallest absolute Gasteiger partial charge is 0.221 e. The maximum Gasteiger partial charge on any atom is 0.221 e. The second-order valence-corrected chi connectivity index (χ2v) is 3.91. The summed E-state index contributed by atoms with van der Waals surface area (Å²) >= 11 is 0. The molecule has 2 N–H and O–H groups in total. The van der Waals surface area contributed by atoms with E-state index in [0.29, 0.717) is 19.5 Å². The van der Waals surface area contributed by atoms with Crippen LogP contribution < -0.4 is 10.6 Å². The number of hydrogen-bond donors (Lipinski definition) is 2. The third-order valence-corrected chi connectivity index (χ3v) is 2.53. The molecule has 1 heterocycles. The standard InChI is InChI=1S/C12H22N4O/c1-3-6-15-12(17)5-7-13-10-11-14-8-9-16(11)4-2/h8-9,13H,3-7,10H2,1-2H3,(H,15,17). The number of nitrogens with one attached hydrogen (secondary N) is 2. The number of carbonyl (C=O) groups excluding carboxylic acids is 1. The normalized spacial score (nSPS) is 10.5. The molecule has 0 unspecified atom stereocenters. The van der Waals surface area contributed by atoms with Crippen molar-refractivity contribution >= 4 is 5.91 Å². The van der Waals surface area contributed by atoms with Gasteiger partial charge in [0.25, 0.3) is 0 Å². The quantitative estimate of drug-likeness (QED) is 0.662. The second kappa shape index (κ2) is 7.84. The summed E-state index contributed by atoms with van der Waals surface area (Å²) in [5, 5.41) is 6.07. The summed E-state index contributed by atoms with van der Waals surface area (Å²) in [6.45, 7) is 7.22. The number of aryl methyl sites for hydroxylation is 1. The SMILES string of the molecule is CCCNC(=O)CCNCc1nccn1CC. The molecule has 0 atom stereocenters. The van der Waals surface area contributed by atoms with Crippen LogP contribution in [0.4, 0.5) is 0 Å². The fourth-order valence-corrected chi connectivity index (χ4v) is 1.55. The van der Waals surface area contributed by atoms with Crippen LogP contribution in [-0.4, -0.2) is 28.5 Å². The van der Waals surface area contributed by atoms with Gasteiger partial charge in [-0.15, -0.1) is 0 Å². The van der Waals surface area contributed by atoms with Gasteiger partial charge in [-0.1, -0.05) is 6.92 Å². The molecular weight excluding hydrogens is 216 g/mol. The molecule has 0 radical (unpaired) electrons. The van der Waals surface area contributed by atoms with Crippen molar-refractivity contribution in [2.24, 2.45) is 0 Å². The van der Waals surface area contributed by atoms with E-state index in [1.54, 1.807) is 6.20 Å². The summed E-state index contributed by atoms with van der Waals surface area (Å²) in [6.07, 6.45) is 5.26. The Balaban J connectivity index is 2.14. The molecular formula is C12H22N4O. The Labute approximate surface area is 103 Å². The summed E-state index contributed by atoms with van der Waals surface area (Å²) in [4.78, 5) is 15.6. The van der Waals surface area contributed by atoms with Crippen molar-refractivity contribution in [2.45, 2.75) is 39.8 Å². The molecule has 0 bridgehead atoms. The van der Waals surface area contributed by atoms with E-state index in [-0.39, 0.29) is 5.91 Å². The van der Waals surface area contributed by atoms with E-state index in [1.165, 1.54) is 0 Å². The molecule has 0 aliphatic heterocycles. The Kier molecular flexibility index (Phi) is 6.32. The van der Waals surface area contributed by atoms with Gasteiger partial charge >= 0.3 is 0 Å². The molecule has 0 spiro atoms. The van der Waals surface area contributed by atoms with Crippen molar-refractivity contribution in [3.8, 4) is 0 Å². The molecule has 5 heteroatoms. The van der Waals surface area contributed by atoms with Crippen molar-refractivity contribution in [3.63, 3.8) is 0 Å². The highest BCUT2D eigenvalue weighted by atomic mass is 16.1. The first-order valence-corrected chi connectivity index (χ1v) is 6.25. The van der Waals surface area contributed by atoms with E-state index in [9.17, 15) is 4.79 Å². The summed E-state index contributed by atoms with van der Waals surface area (Å²) in [5.74, 6) is 1.12. The number of imidazole rings is 1. The van der Waals surface area contributed by atoms with Crippen LogP contribution in [0.1, 0.15) is 32.5 Å². The largest absolute Gasteiger partial charge is 0.356 e. The van der Waals surface area contributed by atoms with Crippen molar-refractivity contribution in [2.75, 3.05) is 13.1 Å². The molecule has 1 amide bonds. The first-order valence-electron chi connectivity index (χ1n) is 6.25. The topological polar surface area (TPSA) is 59.0 Å². The van der Waals surface area contributed by atoms with Gasteiger partial charge in [0.2, 0.25) is 5.91 Å². The number of aromatic nitrogens is 2. The summed E-state index contributed by atoms with van der Waals surface area (Å²) in [7, 11) is 0. The van der Waals surface area contributed by atoms with Gasteiger partial charge in [0, 0.05) is 38.4 Å². The van der Waals surface area contributed by atoms with Crippen LogP contribution in [0.15, 0.2) is 12.4 Å². The van der Waals surface area contributed by atoms with Crippen molar-refractivity contribution in [3.05, 3.63) is 18.2 Å². The van der Waals surface area contributed by atoms with E-state index >= 15 is 0 Å². The summed E-state index contributed by atoms with van der Waals surface area (Å²) in [6, 6.07) is 0. The minimum Gasteiger partial charge on any atom is -0.356 e. The molecule has 1 aromatic rings. The number of hydrogen-bond acceptors (Lipinski definition) is 3. The lowest BCUT2D eigenvalue weighted by atomic mass is 10.3. The van der Waals surface area contributed by atoms with E-state index in [4.69, 9.17) is 0 Å². The zero-order valence-electron chi connectivity index (χ0n) is 10.7. The molecule has 0 aliphatic rings. The van der Waals surface area contributed by atoms with Crippen molar-refractivity contribution in [1.29, 1.82) is 0 Å². The van der Waals surface area contributed by atoms with Gasteiger partial charge in [0.05, 0.1) is 6.54 Å². The van der Waals surface area contributed by atoms with Crippen LogP contribution in [0.25, 0.3) is 0 Å². The highest BCUT2D eigenvalue weighted by Gasteiger charge is 2.02. The van der Waals surface area contributed by atoms with Crippen LogP contribution in [0.2, 0.25) is 0 Å². The van der Waals surface area contributed by atoms with Gasteiger partial charge in [0.15, 0.2) is 0 Å². The molecule has 0 saturated carbocycles. The Bertz CT molecular complexity index is 335. The summed E-state index contributed by atoms with van der Waals surface area (Å²) in [5.41, 5.74) is 0. The zero-order valence-corrected chi connectivity index (χ0v) is 10.7. The Morgan fingerprint density at radius 1 is 1.41 bits per heavy atom. The number of carbonyl (C=O) groups is 1. The monoisotopic (exact) mass is 238 g/mol. The highest BCUT2D eigenvalue weighted by molar-refractivity contribution is 5.75. The average Bonchev–Trinajstić information content (AvgIpc) is 2.79. The average molecular weight is 238 g/mol. The van der Waals surface area contributed by atoms with Gasteiger partial charge in [0.1, 0.15) is 5.82 Å². The van der Waals surface area contributed by atoms with E-state index in [2.05, 4.69) is 27.1 Å². The van der Waals surface area contributed by atoms with Crippen LogP contribution in [0.3, 0.4) is 0 Å². The Morgan fingerprint density at radius 2 is 2.24 bits per heavy atom. The van der Waals surface area contributed by atoms with Crippen LogP contribution in [-0.2, 0) is 17.9 Å². The minimum absolute atomic E-state index is 0.109. The molecule has 1 aromatic heterocycles. The first-order chi connectivity index (χ1) is 8.27. The number of nitrogens with zero attached hydrogens (tertiary/aromatic N) is 2. The van der Waals surface area contributed by atoms with Crippen LogP contribution in [0, 0.1) is 0 Å². The van der Waals surface area contributed by atoms with Crippen molar-refractivity contribution in [1.82, 2.24) is 20.2 Å². The first kappa shape index (κ1) is 13.7. The van der Waals surface area contributed by atoms with Gasteiger partial charge in [-0.3, -0.25) is 4.79 Å². The predicted octanol–water partition coefficient (Wildman–Crippen LogP) is 0.909. The van der Waals surface area contributed by atoms with Gasteiger partial charge in [-0.25, -0.2) is 4.98 Å². The van der Waals surface area contributed by atoms with E-state index in [0.717, 1.165) is 25.3 Å². The van der Waals surface area contributed by atoms with Gasteiger partial charge in [-0.05, 0) is 13.3 Å². The maximum absolute atomic E-state index is 11.3. The molecule has 0 aliphatic carbocycles. The maximum atomic E-state index is 11.3. The fraction of sp³-hybridized carbons (Fsp3) is 0.667. The molecule has 17 heavy (non-hydrogen) atoms. The Morgan fingerprint density at radius 3 is 2.94 bits per heavy atom. The van der Waals surface area contributed by atoms with Crippen LogP contribution in [0.5, 0.6) is 0 Å². The highest BCUT2D eigenvalue weighted by Crippen LogP contribution is 1.96. The molecule has 0 aromatic carbocycles. The van der Waals surface area contributed by atoms with E-state index in [1.807, 2.05) is 13.1 Å². The summed E-state index contributed by atoms with van der Waals surface area (Å²) < 4.78 is 2.09. The Hall–Kier alpha value is -1.36. The molecule has 0 fully saturated rings. The molecule has 1 rings (SSSR count). The second-order valence-electron chi connectivity index (χ2n) is 3.91. The van der Waals surface area contributed by atoms with Crippen molar-refractivity contribution < 1.29 is 4.79 Å². The third kappa shape index (κ3) is 4.99. The lowest BCUT2D eigenvalue weighted by Gasteiger charge is -2.07. The minimum atomic E-state index is 0.109. The fourth-order valence-electron chi connectivity index (χ4n) is 1.55. The van der Waals surface area contributed by atoms with Gasteiger partial charge in [-0.2, -0.15) is 0 Å². The predicted molar refractivity (Wildman–Crippen MR) is 67.5 cm³/mol. The van der Waals surface area contributed by atoms with E-state index < -0.39 is 0 Å². The molecule has 5 nitrogen and oxygen atoms in total. The lowest BCUT2D eigenvalue weighted by Crippen LogP contribution is -2.28.